The van der Waals surface area contributed by atoms with Gasteiger partial charge < -0.3 is 9.64 Å². The van der Waals surface area contributed by atoms with Gasteiger partial charge in [0.15, 0.2) is 0 Å². The van der Waals surface area contributed by atoms with Crippen LogP contribution in [0.15, 0.2) is 24.3 Å². The van der Waals surface area contributed by atoms with Gasteiger partial charge in [0.1, 0.15) is 5.82 Å². The third kappa shape index (κ3) is 5.28. The van der Waals surface area contributed by atoms with Gasteiger partial charge in [-0.1, -0.05) is 12.1 Å². The van der Waals surface area contributed by atoms with E-state index in [2.05, 4.69) is 4.90 Å². The third-order valence-electron chi connectivity index (χ3n) is 5.60. The number of hydrogen-bond acceptors (Lipinski definition) is 4. The average molecular weight is 376 g/mol. The van der Waals surface area contributed by atoms with Crippen molar-refractivity contribution < 1.29 is 18.7 Å². The Morgan fingerprint density at radius 3 is 2.44 bits per heavy atom. The lowest BCUT2D eigenvalue weighted by molar-refractivity contribution is -0.152. The number of ether oxygens (including phenoxy) is 1. The van der Waals surface area contributed by atoms with Crippen molar-refractivity contribution in [2.45, 2.75) is 39.2 Å². The monoisotopic (exact) mass is 376 g/mol. The summed E-state index contributed by atoms with van der Waals surface area (Å²) in [5.41, 5.74) is 1.07. The summed E-state index contributed by atoms with van der Waals surface area (Å²) in [6.45, 7) is 5.95. The summed E-state index contributed by atoms with van der Waals surface area (Å²) in [4.78, 5) is 29.0. The van der Waals surface area contributed by atoms with Crippen LogP contribution in [0.5, 0.6) is 0 Å². The zero-order chi connectivity index (χ0) is 19.2. The second-order valence-corrected chi connectivity index (χ2v) is 7.55. The molecule has 2 fully saturated rings. The molecule has 5 nitrogen and oxygen atoms in total. The molecule has 1 amide bonds. The quantitative estimate of drug-likeness (QED) is 0.742. The van der Waals surface area contributed by atoms with Crippen LogP contribution in [-0.2, 0) is 20.9 Å². The van der Waals surface area contributed by atoms with Crippen LogP contribution in [0, 0.1) is 17.7 Å². The van der Waals surface area contributed by atoms with Gasteiger partial charge in [-0.25, -0.2) is 4.39 Å². The highest BCUT2D eigenvalue weighted by molar-refractivity contribution is 5.80. The van der Waals surface area contributed by atoms with Crippen molar-refractivity contribution in [3.63, 3.8) is 0 Å². The molecule has 27 heavy (non-hydrogen) atoms. The first kappa shape index (κ1) is 19.8. The van der Waals surface area contributed by atoms with Crippen LogP contribution in [-0.4, -0.2) is 54.5 Å². The number of likely N-dealkylation sites (tertiary alicyclic amines) is 2. The van der Waals surface area contributed by atoms with E-state index in [0.717, 1.165) is 38.0 Å². The molecular weight excluding hydrogens is 347 g/mol. The normalized spacial score (nSPS) is 21.9. The van der Waals surface area contributed by atoms with Crippen LogP contribution in [0.1, 0.15) is 38.2 Å². The van der Waals surface area contributed by atoms with Gasteiger partial charge in [0, 0.05) is 26.2 Å². The first-order valence-corrected chi connectivity index (χ1v) is 9.99. The Balaban J connectivity index is 1.50. The second-order valence-electron chi connectivity index (χ2n) is 7.55. The molecule has 0 aromatic heterocycles. The highest BCUT2D eigenvalue weighted by Crippen LogP contribution is 2.24. The number of carbonyl (C=O) groups is 2. The Labute approximate surface area is 160 Å². The van der Waals surface area contributed by atoms with Crippen LogP contribution < -0.4 is 0 Å². The minimum absolute atomic E-state index is 0.0124. The van der Waals surface area contributed by atoms with E-state index in [9.17, 15) is 14.0 Å². The largest absolute Gasteiger partial charge is 0.466 e. The Kier molecular flexibility index (Phi) is 6.83. The molecule has 2 aliphatic rings. The SMILES string of the molecule is CCOC(=O)C1CCN(C(=O)[C@H]2CCCN(Cc3ccc(F)cc3)C2)CC1. The van der Waals surface area contributed by atoms with E-state index in [4.69, 9.17) is 4.74 Å². The zero-order valence-corrected chi connectivity index (χ0v) is 16.0. The lowest BCUT2D eigenvalue weighted by Crippen LogP contribution is -2.47. The van der Waals surface area contributed by atoms with E-state index in [1.54, 1.807) is 12.1 Å². The second kappa shape index (κ2) is 9.31. The van der Waals surface area contributed by atoms with E-state index in [-0.39, 0.29) is 29.5 Å². The van der Waals surface area contributed by atoms with Gasteiger partial charge in [0.25, 0.3) is 0 Å². The molecule has 0 spiro atoms. The lowest BCUT2D eigenvalue weighted by atomic mass is 9.92. The summed E-state index contributed by atoms with van der Waals surface area (Å²) in [6, 6.07) is 6.58. The summed E-state index contributed by atoms with van der Waals surface area (Å²) >= 11 is 0. The summed E-state index contributed by atoms with van der Waals surface area (Å²) in [5, 5.41) is 0. The number of amides is 1. The maximum Gasteiger partial charge on any atom is 0.309 e. The van der Waals surface area contributed by atoms with Crippen molar-refractivity contribution in [2.24, 2.45) is 11.8 Å². The first-order chi connectivity index (χ1) is 13.1. The number of piperidine rings is 2. The van der Waals surface area contributed by atoms with Crippen molar-refractivity contribution in [1.82, 2.24) is 9.80 Å². The molecule has 2 heterocycles. The highest BCUT2D eigenvalue weighted by Gasteiger charge is 2.33. The fourth-order valence-corrected chi connectivity index (χ4v) is 4.10. The lowest BCUT2D eigenvalue weighted by Gasteiger charge is -2.37. The molecule has 0 saturated carbocycles. The predicted molar refractivity (Wildman–Crippen MR) is 100 cm³/mol. The van der Waals surface area contributed by atoms with Crippen LogP contribution in [0.25, 0.3) is 0 Å². The van der Waals surface area contributed by atoms with Crippen molar-refractivity contribution in [3.05, 3.63) is 35.6 Å². The van der Waals surface area contributed by atoms with Crippen molar-refractivity contribution in [2.75, 3.05) is 32.8 Å². The standard InChI is InChI=1S/C21H29FN2O3/c1-2-27-21(26)17-9-12-24(13-10-17)20(25)18-4-3-11-23(15-18)14-16-5-7-19(22)8-6-16/h5-8,17-18H,2-4,9-15H2,1H3/t18-/m0/s1. The Bertz CT molecular complexity index is 641. The highest BCUT2D eigenvalue weighted by atomic mass is 19.1. The Morgan fingerprint density at radius 2 is 1.78 bits per heavy atom. The van der Waals surface area contributed by atoms with Gasteiger partial charge in [0.05, 0.1) is 18.4 Å². The van der Waals surface area contributed by atoms with Crippen molar-refractivity contribution >= 4 is 11.9 Å². The molecule has 2 saturated heterocycles. The summed E-state index contributed by atoms with van der Waals surface area (Å²) in [6.07, 6.45) is 3.29. The van der Waals surface area contributed by atoms with E-state index >= 15 is 0 Å². The van der Waals surface area contributed by atoms with Gasteiger partial charge in [0.2, 0.25) is 5.91 Å². The summed E-state index contributed by atoms with van der Waals surface area (Å²) in [7, 11) is 0. The molecule has 0 N–H and O–H groups in total. The van der Waals surface area contributed by atoms with Gasteiger partial charge in [-0.15, -0.1) is 0 Å². The first-order valence-electron chi connectivity index (χ1n) is 9.99. The maximum absolute atomic E-state index is 13.1. The maximum atomic E-state index is 13.1. The van der Waals surface area contributed by atoms with Gasteiger partial charge in [-0.3, -0.25) is 14.5 Å². The number of halogens is 1. The molecule has 0 unspecified atom stereocenters. The molecule has 1 atom stereocenters. The zero-order valence-electron chi connectivity index (χ0n) is 16.0. The fraction of sp³-hybridized carbons (Fsp3) is 0.619. The number of benzene rings is 1. The van der Waals surface area contributed by atoms with Gasteiger partial charge >= 0.3 is 5.97 Å². The minimum Gasteiger partial charge on any atom is -0.466 e. The fourth-order valence-electron chi connectivity index (χ4n) is 4.10. The number of esters is 1. The van der Waals surface area contributed by atoms with Crippen LogP contribution in [0.3, 0.4) is 0 Å². The van der Waals surface area contributed by atoms with E-state index < -0.39 is 0 Å². The molecule has 0 aliphatic carbocycles. The summed E-state index contributed by atoms with van der Waals surface area (Å²) < 4.78 is 18.2. The topological polar surface area (TPSA) is 49.9 Å². The van der Waals surface area contributed by atoms with Crippen molar-refractivity contribution in [1.29, 1.82) is 0 Å². The van der Waals surface area contributed by atoms with Crippen LogP contribution >= 0.6 is 0 Å². The number of carbonyl (C=O) groups excluding carboxylic acids is 2. The van der Waals surface area contributed by atoms with E-state index in [1.165, 1.54) is 12.1 Å². The average Bonchev–Trinajstić information content (AvgIpc) is 2.70. The number of hydrogen-bond donors (Lipinski definition) is 0. The molecule has 6 heteroatoms. The molecule has 1 aromatic carbocycles. The Morgan fingerprint density at radius 1 is 1.07 bits per heavy atom. The molecule has 2 aliphatic heterocycles. The smallest absolute Gasteiger partial charge is 0.309 e. The Hall–Kier alpha value is -1.95. The van der Waals surface area contributed by atoms with Gasteiger partial charge in [-0.2, -0.15) is 0 Å². The third-order valence-corrected chi connectivity index (χ3v) is 5.60. The van der Waals surface area contributed by atoms with Crippen LogP contribution in [0.4, 0.5) is 4.39 Å². The molecule has 1 aromatic rings. The minimum atomic E-state index is -0.225. The summed E-state index contributed by atoms with van der Waals surface area (Å²) in [5.74, 6) is -0.209. The molecule has 3 rings (SSSR count). The van der Waals surface area contributed by atoms with E-state index in [1.807, 2.05) is 11.8 Å². The van der Waals surface area contributed by atoms with Crippen LogP contribution in [0.2, 0.25) is 0 Å². The predicted octanol–water partition coefficient (Wildman–Crippen LogP) is 2.84. The molecular formula is C21H29FN2O3. The number of rotatable bonds is 5. The van der Waals surface area contributed by atoms with Crippen molar-refractivity contribution in [3.8, 4) is 0 Å². The van der Waals surface area contributed by atoms with Gasteiger partial charge in [-0.05, 0) is 56.8 Å². The molecule has 0 radical (unpaired) electrons. The molecule has 0 bridgehead atoms. The number of nitrogens with zero attached hydrogens (tertiary/aromatic N) is 2. The molecule has 148 valence electrons. The van der Waals surface area contributed by atoms with E-state index in [0.29, 0.717) is 32.5 Å².